The average Bonchev–Trinajstić information content (AvgIpc) is 2.73. The van der Waals surface area contributed by atoms with Crippen molar-refractivity contribution in [2.45, 2.75) is 13.8 Å². The molecule has 1 heteroatoms. The maximum atomic E-state index is 13.4. The minimum absolute atomic E-state index is 0.0478. The standard InChI is InChI=1S/C27H22O/c1-19-8-6-12-22(16-19)23-14-15-25(24-13-7-9-20(2)17-24)26(18-23)27(28)21-10-4-3-5-11-21/h3-18H,1-2H3. The molecule has 136 valence electrons. The van der Waals surface area contributed by atoms with Gasteiger partial charge in [0.15, 0.2) is 5.78 Å². The van der Waals surface area contributed by atoms with Gasteiger partial charge in [0.25, 0.3) is 0 Å². The first-order chi connectivity index (χ1) is 13.6. The molecule has 0 N–H and O–H groups in total. The smallest absolute Gasteiger partial charge is 0.193 e. The molecule has 0 saturated carbocycles. The fourth-order valence-electron chi connectivity index (χ4n) is 3.55. The number of rotatable bonds is 4. The van der Waals surface area contributed by atoms with Crippen LogP contribution in [-0.2, 0) is 0 Å². The van der Waals surface area contributed by atoms with E-state index in [1.165, 1.54) is 11.1 Å². The molecule has 0 saturated heterocycles. The van der Waals surface area contributed by atoms with Gasteiger partial charge in [-0.2, -0.15) is 0 Å². The van der Waals surface area contributed by atoms with Gasteiger partial charge in [-0.05, 0) is 42.2 Å². The van der Waals surface area contributed by atoms with E-state index in [-0.39, 0.29) is 5.78 Å². The second-order valence-corrected chi connectivity index (χ2v) is 7.19. The molecular weight excluding hydrogens is 340 g/mol. The van der Waals surface area contributed by atoms with Crippen LogP contribution < -0.4 is 0 Å². The summed E-state index contributed by atoms with van der Waals surface area (Å²) in [5.41, 5.74) is 8.03. The van der Waals surface area contributed by atoms with Crippen LogP contribution in [0.2, 0.25) is 0 Å². The summed E-state index contributed by atoms with van der Waals surface area (Å²) in [6.07, 6.45) is 0. The van der Waals surface area contributed by atoms with E-state index in [9.17, 15) is 4.79 Å². The Morgan fingerprint density at radius 1 is 0.571 bits per heavy atom. The van der Waals surface area contributed by atoms with Crippen molar-refractivity contribution >= 4 is 5.78 Å². The van der Waals surface area contributed by atoms with E-state index >= 15 is 0 Å². The highest BCUT2D eigenvalue weighted by molar-refractivity contribution is 6.13. The van der Waals surface area contributed by atoms with Gasteiger partial charge in [0.2, 0.25) is 0 Å². The van der Waals surface area contributed by atoms with Crippen molar-refractivity contribution < 1.29 is 4.79 Å². The molecule has 0 fully saturated rings. The zero-order chi connectivity index (χ0) is 19.5. The topological polar surface area (TPSA) is 17.1 Å². The first kappa shape index (κ1) is 17.9. The van der Waals surface area contributed by atoms with Crippen molar-refractivity contribution in [3.8, 4) is 22.3 Å². The number of carbonyl (C=O) groups is 1. The molecule has 0 amide bonds. The van der Waals surface area contributed by atoms with Crippen LogP contribution in [0.3, 0.4) is 0 Å². The molecule has 0 atom stereocenters. The molecule has 0 unspecified atom stereocenters. The third kappa shape index (κ3) is 3.65. The van der Waals surface area contributed by atoms with Crippen LogP contribution in [0.15, 0.2) is 97.1 Å². The van der Waals surface area contributed by atoms with Crippen molar-refractivity contribution in [3.05, 3.63) is 119 Å². The SMILES string of the molecule is Cc1cccc(-c2ccc(-c3cccc(C)c3)c(C(=O)c3ccccc3)c2)c1. The summed E-state index contributed by atoms with van der Waals surface area (Å²) in [6.45, 7) is 4.16. The summed E-state index contributed by atoms with van der Waals surface area (Å²) in [4.78, 5) is 13.4. The Hall–Kier alpha value is -3.45. The Bertz CT molecular complexity index is 1140. The molecule has 28 heavy (non-hydrogen) atoms. The third-order valence-corrected chi connectivity index (χ3v) is 4.98. The highest BCUT2D eigenvalue weighted by atomic mass is 16.1. The molecule has 4 aromatic carbocycles. The van der Waals surface area contributed by atoms with Crippen molar-refractivity contribution in [1.29, 1.82) is 0 Å². The van der Waals surface area contributed by atoms with Crippen LogP contribution in [0.5, 0.6) is 0 Å². The van der Waals surface area contributed by atoms with Gasteiger partial charge in [-0.25, -0.2) is 0 Å². The summed E-state index contributed by atoms with van der Waals surface area (Å²) in [5.74, 6) is 0.0478. The normalized spacial score (nSPS) is 10.6. The summed E-state index contributed by atoms with van der Waals surface area (Å²) in [6, 6.07) is 32.4. The molecule has 0 heterocycles. The lowest BCUT2D eigenvalue weighted by molar-refractivity contribution is 0.103. The number of hydrogen-bond donors (Lipinski definition) is 0. The lowest BCUT2D eigenvalue weighted by atomic mass is 9.90. The van der Waals surface area contributed by atoms with Gasteiger partial charge in [-0.1, -0.05) is 102 Å². The molecule has 4 aromatic rings. The largest absolute Gasteiger partial charge is 0.289 e. The first-order valence-corrected chi connectivity index (χ1v) is 9.50. The number of carbonyl (C=O) groups excluding carboxylic acids is 1. The Balaban J connectivity index is 1.90. The lowest BCUT2D eigenvalue weighted by Crippen LogP contribution is -2.04. The van der Waals surface area contributed by atoms with E-state index in [0.29, 0.717) is 5.56 Å². The van der Waals surface area contributed by atoms with E-state index in [2.05, 4.69) is 68.4 Å². The van der Waals surface area contributed by atoms with Crippen LogP contribution in [0.4, 0.5) is 0 Å². The molecule has 4 rings (SSSR count). The third-order valence-electron chi connectivity index (χ3n) is 4.98. The summed E-state index contributed by atoms with van der Waals surface area (Å²) >= 11 is 0. The number of hydrogen-bond acceptors (Lipinski definition) is 1. The zero-order valence-corrected chi connectivity index (χ0v) is 16.1. The van der Waals surface area contributed by atoms with Gasteiger partial charge in [-0.15, -0.1) is 0 Å². The highest BCUT2D eigenvalue weighted by Crippen LogP contribution is 2.31. The predicted molar refractivity (Wildman–Crippen MR) is 117 cm³/mol. The Kier molecular flexibility index (Phi) is 4.90. The van der Waals surface area contributed by atoms with Crippen LogP contribution >= 0.6 is 0 Å². The number of ketones is 1. The Labute approximate surface area is 166 Å². The fraction of sp³-hybridized carbons (Fsp3) is 0.0741. The molecule has 0 aliphatic heterocycles. The minimum Gasteiger partial charge on any atom is -0.289 e. The van der Waals surface area contributed by atoms with E-state index < -0.39 is 0 Å². The maximum Gasteiger partial charge on any atom is 0.193 e. The monoisotopic (exact) mass is 362 g/mol. The molecular formula is C27H22O. The van der Waals surface area contributed by atoms with Gasteiger partial charge < -0.3 is 0 Å². The molecule has 1 nitrogen and oxygen atoms in total. The van der Waals surface area contributed by atoms with Crippen LogP contribution in [0.25, 0.3) is 22.3 Å². The second kappa shape index (κ2) is 7.66. The Morgan fingerprint density at radius 2 is 1.18 bits per heavy atom. The van der Waals surface area contributed by atoms with Gasteiger partial charge >= 0.3 is 0 Å². The zero-order valence-electron chi connectivity index (χ0n) is 16.1. The van der Waals surface area contributed by atoms with Crippen molar-refractivity contribution in [1.82, 2.24) is 0 Å². The van der Waals surface area contributed by atoms with Gasteiger partial charge in [0, 0.05) is 11.1 Å². The molecule has 0 bridgehead atoms. The van der Waals surface area contributed by atoms with E-state index in [1.54, 1.807) is 0 Å². The van der Waals surface area contributed by atoms with Crippen LogP contribution in [-0.4, -0.2) is 5.78 Å². The van der Waals surface area contributed by atoms with Crippen LogP contribution in [0.1, 0.15) is 27.0 Å². The summed E-state index contributed by atoms with van der Waals surface area (Å²) < 4.78 is 0. The number of aryl methyl sites for hydroxylation is 2. The van der Waals surface area contributed by atoms with E-state index in [0.717, 1.165) is 27.8 Å². The van der Waals surface area contributed by atoms with Crippen molar-refractivity contribution in [3.63, 3.8) is 0 Å². The van der Waals surface area contributed by atoms with Crippen molar-refractivity contribution in [2.75, 3.05) is 0 Å². The maximum absolute atomic E-state index is 13.4. The van der Waals surface area contributed by atoms with Gasteiger partial charge in [-0.3, -0.25) is 4.79 Å². The molecule has 0 aliphatic carbocycles. The van der Waals surface area contributed by atoms with E-state index in [4.69, 9.17) is 0 Å². The molecule has 0 radical (unpaired) electrons. The second-order valence-electron chi connectivity index (χ2n) is 7.19. The van der Waals surface area contributed by atoms with Crippen LogP contribution in [0, 0.1) is 13.8 Å². The van der Waals surface area contributed by atoms with E-state index in [1.807, 2.05) is 42.5 Å². The minimum atomic E-state index is 0.0478. The van der Waals surface area contributed by atoms with Gasteiger partial charge in [0.1, 0.15) is 0 Å². The quantitative estimate of drug-likeness (QED) is 0.362. The summed E-state index contributed by atoms with van der Waals surface area (Å²) in [5, 5.41) is 0. The lowest BCUT2D eigenvalue weighted by Gasteiger charge is -2.13. The fourth-order valence-corrected chi connectivity index (χ4v) is 3.55. The first-order valence-electron chi connectivity index (χ1n) is 9.50. The predicted octanol–water partition coefficient (Wildman–Crippen LogP) is 6.87. The molecule has 0 aromatic heterocycles. The highest BCUT2D eigenvalue weighted by Gasteiger charge is 2.16. The molecule has 0 aliphatic rings. The molecule has 0 spiro atoms. The van der Waals surface area contributed by atoms with Gasteiger partial charge in [0.05, 0.1) is 0 Å². The Morgan fingerprint density at radius 3 is 1.86 bits per heavy atom. The average molecular weight is 362 g/mol. The van der Waals surface area contributed by atoms with Crippen molar-refractivity contribution in [2.24, 2.45) is 0 Å². The summed E-state index contributed by atoms with van der Waals surface area (Å²) in [7, 11) is 0. The number of benzene rings is 4.